The van der Waals surface area contributed by atoms with Gasteiger partial charge < -0.3 is 14.9 Å². The van der Waals surface area contributed by atoms with E-state index in [1.807, 2.05) is 24.8 Å². The molecule has 2 aromatic carbocycles. The number of benzene rings is 2. The SMILES string of the molecule is NC(CCn1ccnc1)=c1c2cccc3cccc(c32)n1Cc1cccnc1. The van der Waals surface area contributed by atoms with Gasteiger partial charge in [0.15, 0.2) is 0 Å². The van der Waals surface area contributed by atoms with E-state index in [4.69, 9.17) is 5.73 Å². The van der Waals surface area contributed by atoms with Gasteiger partial charge >= 0.3 is 0 Å². The zero-order valence-electron chi connectivity index (χ0n) is 15.5. The second kappa shape index (κ2) is 6.85. The number of aryl methyl sites for hydroxylation is 1. The number of aromatic nitrogens is 4. The molecular formula is C23H21N5. The molecule has 0 radical (unpaired) electrons. The minimum absolute atomic E-state index is 0.739. The van der Waals surface area contributed by atoms with E-state index in [0.717, 1.165) is 36.1 Å². The van der Waals surface area contributed by atoms with Crippen LogP contribution in [-0.2, 0) is 13.1 Å². The van der Waals surface area contributed by atoms with Gasteiger partial charge in [-0.2, -0.15) is 0 Å². The van der Waals surface area contributed by atoms with Crippen molar-refractivity contribution in [2.45, 2.75) is 19.5 Å². The Hall–Kier alpha value is -3.60. The van der Waals surface area contributed by atoms with E-state index in [1.165, 1.54) is 21.7 Å². The molecule has 0 amide bonds. The first-order chi connectivity index (χ1) is 13.8. The van der Waals surface area contributed by atoms with Crippen LogP contribution in [0.25, 0.3) is 27.4 Å². The van der Waals surface area contributed by atoms with Gasteiger partial charge in [0.05, 0.1) is 17.2 Å². The van der Waals surface area contributed by atoms with E-state index in [0.29, 0.717) is 0 Å². The Morgan fingerprint density at radius 3 is 2.64 bits per heavy atom. The monoisotopic (exact) mass is 367 g/mol. The molecule has 5 nitrogen and oxygen atoms in total. The van der Waals surface area contributed by atoms with E-state index in [1.54, 1.807) is 12.4 Å². The third-order valence-corrected chi connectivity index (χ3v) is 5.26. The highest BCUT2D eigenvalue weighted by Gasteiger charge is 2.14. The van der Waals surface area contributed by atoms with Crippen LogP contribution >= 0.6 is 0 Å². The fourth-order valence-electron chi connectivity index (χ4n) is 3.98. The molecule has 3 aromatic heterocycles. The Morgan fingerprint density at radius 2 is 1.86 bits per heavy atom. The molecule has 2 N–H and O–H groups in total. The van der Waals surface area contributed by atoms with Gasteiger partial charge in [-0.25, -0.2) is 4.98 Å². The van der Waals surface area contributed by atoms with Gasteiger partial charge in [-0.3, -0.25) is 4.98 Å². The first kappa shape index (κ1) is 16.6. The number of hydrogen-bond acceptors (Lipinski definition) is 3. The molecule has 28 heavy (non-hydrogen) atoms. The van der Waals surface area contributed by atoms with E-state index < -0.39 is 0 Å². The molecule has 5 aromatic rings. The topological polar surface area (TPSA) is 61.7 Å². The summed E-state index contributed by atoms with van der Waals surface area (Å²) < 4.78 is 4.39. The van der Waals surface area contributed by atoms with Gasteiger partial charge in [-0.1, -0.05) is 36.4 Å². The molecule has 0 spiro atoms. The van der Waals surface area contributed by atoms with E-state index in [2.05, 4.69) is 61.6 Å². The molecule has 0 atom stereocenters. The molecule has 3 heterocycles. The lowest BCUT2D eigenvalue weighted by molar-refractivity contribution is 0.705. The average molecular weight is 367 g/mol. The smallest absolute Gasteiger partial charge is 0.0946 e. The van der Waals surface area contributed by atoms with Crippen molar-refractivity contribution in [2.75, 3.05) is 0 Å². The fraction of sp³-hybridized carbons (Fsp3) is 0.130. The molecule has 0 unspecified atom stereocenters. The summed E-state index contributed by atoms with van der Waals surface area (Å²) in [5.74, 6) is 0. The van der Waals surface area contributed by atoms with Crippen LogP contribution in [0.15, 0.2) is 79.6 Å². The van der Waals surface area contributed by atoms with Crippen LogP contribution in [0, 0.1) is 0 Å². The Morgan fingerprint density at radius 1 is 0.964 bits per heavy atom. The number of imidazole rings is 1. The summed E-state index contributed by atoms with van der Waals surface area (Å²) in [6, 6.07) is 17.0. The minimum Gasteiger partial charge on any atom is -0.400 e. The van der Waals surface area contributed by atoms with Crippen LogP contribution in [0.3, 0.4) is 0 Å². The summed E-state index contributed by atoms with van der Waals surface area (Å²) in [6.07, 6.45) is 10.1. The van der Waals surface area contributed by atoms with Gasteiger partial charge in [-0.05, 0) is 23.1 Å². The second-order valence-corrected chi connectivity index (χ2v) is 7.05. The van der Waals surface area contributed by atoms with Crippen LogP contribution in [0.1, 0.15) is 12.0 Å². The maximum Gasteiger partial charge on any atom is 0.0946 e. The lowest BCUT2D eigenvalue weighted by Crippen LogP contribution is -2.24. The Kier molecular flexibility index (Phi) is 4.05. The number of hydrogen-bond donors (Lipinski definition) is 1. The van der Waals surface area contributed by atoms with Crippen LogP contribution in [-0.4, -0.2) is 19.1 Å². The largest absolute Gasteiger partial charge is 0.400 e. The van der Waals surface area contributed by atoms with Crippen LogP contribution in [0.5, 0.6) is 0 Å². The lowest BCUT2D eigenvalue weighted by atomic mass is 10.1. The van der Waals surface area contributed by atoms with E-state index in [9.17, 15) is 0 Å². The van der Waals surface area contributed by atoms with Crippen LogP contribution in [0.4, 0.5) is 0 Å². The van der Waals surface area contributed by atoms with Crippen molar-refractivity contribution in [3.8, 4) is 0 Å². The molecule has 0 saturated carbocycles. The highest BCUT2D eigenvalue weighted by atomic mass is 15.0. The molecule has 0 aliphatic carbocycles. The second-order valence-electron chi connectivity index (χ2n) is 7.05. The summed E-state index contributed by atoms with van der Waals surface area (Å²) in [4.78, 5) is 8.40. The van der Waals surface area contributed by atoms with Crippen molar-refractivity contribution in [3.05, 3.63) is 90.6 Å². The standard InChI is InChI=1S/C23H21N5/c24-20(9-12-27-13-11-26-16-27)23-19-7-1-5-18-6-2-8-21(22(18)19)28(23)15-17-4-3-10-25-14-17/h1-8,10-11,13-14,16H,9,12,15,24H2. The van der Waals surface area contributed by atoms with E-state index >= 15 is 0 Å². The van der Waals surface area contributed by atoms with Crippen LogP contribution < -0.4 is 11.1 Å². The van der Waals surface area contributed by atoms with Gasteiger partial charge in [0.25, 0.3) is 0 Å². The third kappa shape index (κ3) is 2.81. The Labute approximate surface area is 162 Å². The fourth-order valence-corrected chi connectivity index (χ4v) is 3.98. The molecule has 0 bridgehead atoms. The normalized spacial score (nSPS) is 12.7. The summed E-state index contributed by atoms with van der Waals surface area (Å²) in [7, 11) is 0. The summed E-state index contributed by atoms with van der Waals surface area (Å²) >= 11 is 0. The number of nitrogens with two attached hydrogens (primary N) is 1. The molecule has 0 fully saturated rings. The van der Waals surface area contributed by atoms with Gasteiger partial charge in [-0.15, -0.1) is 0 Å². The Balaban J connectivity index is 1.73. The lowest BCUT2D eigenvalue weighted by Gasteiger charge is -2.09. The van der Waals surface area contributed by atoms with Crippen molar-refractivity contribution in [1.29, 1.82) is 0 Å². The quantitative estimate of drug-likeness (QED) is 0.518. The Bertz CT molecular complexity index is 1280. The van der Waals surface area contributed by atoms with Crippen molar-refractivity contribution in [3.63, 3.8) is 0 Å². The summed E-state index contributed by atoms with van der Waals surface area (Å²) in [5, 5.41) is 4.83. The zero-order chi connectivity index (χ0) is 18.9. The highest BCUT2D eigenvalue weighted by Crippen LogP contribution is 2.26. The van der Waals surface area contributed by atoms with Crippen molar-refractivity contribution < 1.29 is 0 Å². The predicted molar refractivity (Wildman–Crippen MR) is 112 cm³/mol. The van der Waals surface area contributed by atoms with Crippen molar-refractivity contribution in [2.24, 2.45) is 5.73 Å². The number of rotatable bonds is 5. The average Bonchev–Trinajstić information content (AvgIpc) is 3.36. The molecule has 138 valence electrons. The number of nitrogens with zero attached hydrogens (tertiary/aromatic N) is 4. The maximum atomic E-state index is 6.68. The molecule has 0 aliphatic rings. The van der Waals surface area contributed by atoms with Gasteiger partial charge in [0.1, 0.15) is 0 Å². The summed E-state index contributed by atoms with van der Waals surface area (Å²) in [6.45, 7) is 1.55. The predicted octanol–water partition coefficient (Wildman–Crippen LogP) is 3.31. The van der Waals surface area contributed by atoms with Gasteiger partial charge in [0.2, 0.25) is 0 Å². The molecule has 5 heteroatoms. The van der Waals surface area contributed by atoms with Crippen molar-refractivity contribution in [1.82, 2.24) is 19.1 Å². The molecular weight excluding hydrogens is 346 g/mol. The zero-order valence-corrected chi connectivity index (χ0v) is 15.5. The van der Waals surface area contributed by atoms with E-state index in [-0.39, 0.29) is 0 Å². The highest BCUT2D eigenvalue weighted by molar-refractivity contribution is 6.10. The number of pyridine rings is 1. The maximum absolute atomic E-state index is 6.68. The minimum atomic E-state index is 0.739. The third-order valence-electron chi connectivity index (χ3n) is 5.26. The summed E-state index contributed by atoms with van der Waals surface area (Å²) in [5.41, 5.74) is 9.94. The van der Waals surface area contributed by atoms with Gasteiger partial charge in [0, 0.05) is 60.8 Å². The molecule has 5 rings (SSSR count). The van der Waals surface area contributed by atoms with Crippen molar-refractivity contribution >= 4 is 27.4 Å². The molecule has 0 saturated heterocycles. The van der Waals surface area contributed by atoms with Crippen LogP contribution in [0.2, 0.25) is 0 Å². The first-order valence-electron chi connectivity index (χ1n) is 9.44. The molecule has 0 aliphatic heterocycles. The first-order valence-corrected chi connectivity index (χ1v) is 9.44.